The van der Waals surface area contributed by atoms with E-state index in [1.165, 1.54) is 19.1 Å². The van der Waals surface area contributed by atoms with Crippen molar-refractivity contribution in [1.29, 1.82) is 0 Å². The lowest BCUT2D eigenvalue weighted by molar-refractivity contribution is -0.140. The molecule has 1 unspecified atom stereocenters. The van der Waals surface area contributed by atoms with Gasteiger partial charge in [-0.1, -0.05) is 48.5 Å². The molecule has 1 atom stereocenters. The highest BCUT2D eigenvalue weighted by Crippen LogP contribution is 2.43. The molecule has 1 aliphatic heterocycles. The van der Waals surface area contributed by atoms with Crippen LogP contribution in [-0.4, -0.2) is 43.0 Å². The number of benzene rings is 3. The van der Waals surface area contributed by atoms with Gasteiger partial charge in [0.05, 0.1) is 32.9 Å². The van der Waals surface area contributed by atoms with Crippen LogP contribution < -0.4 is 14.2 Å². The highest BCUT2D eigenvalue weighted by molar-refractivity contribution is 6.46. The van der Waals surface area contributed by atoms with Gasteiger partial charge in [-0.2, -0.15) is 0 Å². The van der Waals surface area contributed by atoms with E-state index < -0.39 is 17.7 Å². The van der Waals surface area contributed by atoms with Crippen LogP contribution >= 0.6 is 0 Å². The number of rotatable bonds is 7. The lowest BCUT2D eigenvalue weighted by Gasteiger charge is -2.26. The summed E-state index contributed by atoms with van der Waals surface area (Å²) in [5.74, 6) is -0.543. The Morgan fingerprint density at radius 3 is 2.12 bits per heavy atom. The van der Waals surface area contributed by atoms with E-state index in [9.17, 15) is 14.7 Å². The molecule has 0 radical (unpaired) electrons. The van der Waals surface area contributed by atoms with E-state index in [0.29, 0.717) is 22.8 Å². The standard InChI is InChI=1S/C27H25NO6/c1-32-19-12-7-9-17(15-19)16-28-24(18-10-5-4-6-11-18)23(26(30)27(28)31)25(29)22-20(33-2)13-8-14-21(22)34-3/h4-15,24,29H,16H2,1-3H3/b25-23+. The number of hydrogen-bond acceptors (Lipinski definition) is 6. The van der Waals surface area contributed by atoms with Gasteiger partial charge >= 0.3 is 0 Å². The quantitative estimate of drug-likeness (QED) is 0.322. The van der Waals surface area contributed by atoms with E-state index in [1.54, 1.807) is 31.4 Å². The fourth-order valence-electron chi connectivity index (χ4n) is 4.21. The van der Waals surface area contributed by atoms with Crippen LogP contribution in [0.3, 0.4) is 0 Å². The SMILES string of the molecule is COc1cccc(CN2C(=O)C(=O)/C(=C(/O)c3c(OC)cccc3OC)C2c2ccccc2)c1. The summed E-state index contributed by atoms with van der Waals surface area (Å²) in [5.41, 5.74) is 1.67. The fraction of sp³-hybridized carbons (Fsp3) is 0.185. The first-order valence-corrected chi connectivity index (χ1v) is 10.7. The number of aliphatic hydroxyl groups excluding tert-OH is 1. The van der Waals surface area contributed by atoms with Gasteiger partial charge in [-0.05, 0) is 35.4 Å². The first-order chi connectivity index (χ1) is 16.5. The van der Waals surface area contributed by atoms with E-state index in [2.05, 4.69) is 0 Å². The zero-order chi connectivity index (χ0) is 24.2. The summed E-state index contributed by atoms with van der Waals surface area (Å²) >= 11 is 0. The highest BCUT2D eigenvalue weighted by atomic mass is 16.5. The highest BCUT2D eigenvalue weighted by Gasteiger charge is 2.46. The maximum Gasteiger partial charge on any atom is 0.295 e. The average molecular weight is 459 g/mol. The maximum atomic E-state index is 13.3. The van der Waals surface area contributed by atoms with Crippen LogP contribution in [0.1, 0.15) is 22.7 Å². The summed E-state index contributed by atoms with van der Waals surface area (Å²) < 4.78 is 16.1. The molecule has 7 heteroatoms. The summed E-state index contributed by atoms with van der Waals surface area (Å²) in [6.45, 7) is 0.154. The molecular weight excluding hydrogens is 434 g/mol. The second-order valence-corrected chi connectivity index (χ2v) is 7.73. The molecule has 0 saturated carbocycles. The van der Waals surface area contributed by atoms with Gasteiger partial charge in [-0.15, -0.1) is 0 Å². The molecule has 34 heavy (non-hydrogen) atoms. The number of nitrogens with zero attached hydrogens (tertiary/aromatic N) is 1. The molecule has 4 rings (SSSR count). The molecule has 0 aliphatic carbocycles. The normalized spacial score (nSPS) is 17.0. The molecule has 1 fully saturated rings. The molecule has 7 nitrogen and oxygen atoms in total. The first kappa shape index (κ1) is 22.9. The lowest BCUT2D eigenvalue weighted by atomic mass is 9.94. The van der Waals surface area contributed by atoms with Crippen molar-refractivity contribution in [2.24, 2.45) is 0 Å². The summed E-state index contributed by atoms with van der Waals surface area (Å²) in [7, 11) is 4.49. The van der Waals surface area contributed by atoms with Crippen molar-refractivity contribution in [1.82, 2.24) is 4.90 Å². The number of likely N-dealkylation sites (tertiary alicyclic amines) is 1. The van der Waals surface area contributed by atoms with Gasteiger partial charge in [0.1, 0.15) is 28.6 Å². The topological polar surface area (TPSA) is 85.3 Å². The summed E-state index contributed by atoms with van der Waals surface area (Å²) in [4.78, 5) is 28.0. The number of ketones is 1. The smallest absolute Gasteiger partial charge is 0.295 e. The Balaban J connectivity index is 1.90. The molecule has 1 heterocycles. The van der Waals surface area contributed by atoms with E-state index in [4.69, 9.17) is 14.2 Å². The van der Waals surface area contributed by atoms with Gasteiger partial charge in [0.25, 0.3) is 11.7 Å². The van der Waals surface area contributed by atoms with E-state index in [-0.39, 0.29) is 23.4 Å². The van der Waals surface area contributed by atoms with Crippen LogP contribution in [0.5, 0.6) is 17.2 Å². The fourth-order valence-corrected chi connectivity index (χ4v) is 4.21. The Labute approximate surface area is 197 Å². The van der Waals surface area contributed by atoms with Crippen molar-refractivity contribution in [2.75, 3.05) is 21.3 Å². The Morgan fingerprint density at radius 1 is 0.853 bits per heavy atom. The average Bonchev–Trinajstić information content (AvgIpc) is 3.13. The minimum atomic E-state index is -0.804. The van der Waals surface area contributed by atoms with Crippen LogP contribution in [0.25, 0.3) is 5.76 Å². The molecule has 0 aromatic heterocycles. The minimum absolute atomic E-state index is 0.0260. The van der Waals surface area contributed by atoms with Gasteiger partial charge in [0, 0.05) is 6.54 Å². The molecule has 3 aromatic rings. The Hall–Kier alpha value is -4.26. The van der Waals surface area contributed by atoms with Crippen LogP contribution in [0.15, 0.2) is 78.4 Å². The zero-order valence-electron chi connectivity index (χ0n) is 19.1. The van der Waals surface area contributed by atoms with Crippen molar-refractivity contribution in [3.05, 3.63) is 95.1 Å². The number of hydrogen-bond donors (Lipinski definition) is 1. The Bertz CT molecular complexity index is 1230. The van der Waals surface area contributed by atoms with Crippen LogP contribution in [0.2, 0.25) is 0 Å². The van der Waals surface area contributed by atoms with Crippen molar-refractivity contribution in [3.8, 4) is 17.2 Å². The molecular formula is C27H25NO6. The van der Waals surface area contributed by atoms with Crippen LogP contribution in [-0.2, 0) is 16.1 Å². The van der Waals surface area contributed by atoms with Crippen molar-refractivity contribution in [2.45, 2.75) is 12.6 Å². The predicted molar refractivity (Wildman–Crippen MR) is 127 cm³/mol. The van der Waals surface area contributed by atoms with Gasteiger partial charge in [-0.3, -0.25) is 9.59 Å². The monoisotopic (exact) mass is 459 g/mol. The summed E-state index contributed by atoms with van der Waals surface area (Å²) in [5, 5.41) is 11.4. The maximum absolute atomic E-state index is 13.3. The Kier molecular flexibility index (Phi) is 6.54. The van der Waals surface area contributed by atoms with Crippen molar-refractivity contribution in [3.63, 3.8) is 0 Å². The van der Waals surface area contributed by atoms with Crippen LogP contribution in [0, 0.1) is 0 Å². The zero-order valence-corrected chi connectivity index (χ0v) is 19.1. The third-order valence-corrected chi connectivity index (χ3v) is 5.81. The van der Waals surface area contributed by atoms with Gasteiger partial charge in [-0.25, -0.2) is 0 Å². The van der Waals surface area contributed by atoms with Gasteiger partial charge in [0.15, 0.2) is 0 Å². The number of aliphatic hydroxyl groups is 1. The lowest BCUT2D eigenvalue weighted by Crippen LogP contribution is -2.29. The first-order valence-electron chi connectivity index (χ1n) is 10.7. The summed E-state index contributed by atoms with van der Waals surface area (Å²) in [6, 6.07) is 20.6. The molecule has 1 saturated heterocycles. The molecule has 0 bridgehead atoms. The third-order valence-electron chi connectivity index (χ3n) is 5.81. The predicted octanol–water partition coefficient (Wildman–Crippen LogP) is 4.33. The molecule has 0 spiro atoms. The van der Waals surface area contributed by atoms with E-state index in [1.807, 2.05) is 48.5 Å². The number of methoxy groups -OCH3 is 3. The molecule has 1 aliphatic rings. The van der Waals surface area contributed by atoms with Gasteiger partial charge in [0.2, 0.25) is 0 Å². The number of carbonyl (C=O) groups is 2. The second-order valence-electron chi connectivity index (χ2n) is 7.73. The summed E-state index contributed by atoms with van der Waals surface area (Å²) in [6.07, 6.45) is 0. The van der Waals surface area contributed by atoms with Gasteiger partial charge < -0.3 is 24.2 Å². The molecule has 174 valence electrons. The molecule has 1 amide bonds. The van der Waals surface area contributed by atoms with Crippen molar-refractivity contribution < 1.29 is 28.9 Å². The van der Waals surface area contributed by atoms with E-state index in [0.717, 1.165) is 5.56 Å². The third kappa shape index (κ3) is 4.08. The van der Waals surface area contributed by atoms with E-state index >= 15 is 0 Å². The van der Waals surface area contributed by atoms with Crippen molar-refractivity contribution >= 4 is 17.4 Å². The molecule has 3 aromatic carbocycles. The number of ether oxygens (including phenoxy) is 3. The molecule has 1 N–H and O–H groups in total. The number of Topliss-reactive ketones (excluding diaryl/α,β-unsaturated/α-hetero) is 1. The Morgan fingerprint density at radius 2 is 1.50 bits per heavy atom. The number of carbonyl (C=O) groups excluding carboxylic acids is 2. The largest absolute Gasteiger partial charge is 0.506 e. The van der Waals surface area contributed by atoms with Crippen LogP contribution in [0.4, 0.5) is 0 Å². The second kappa shape index (κ2) is 9.70. The number of amides is 1. The minimum Gasteiger partial charge on any atom is -0.506 e.